The van der Waals surface area contributed by atoms with E-state index in [1.807, 2.05) is 0 Å². The Bertz CT molecular complexity index is 1290. The minimum Gasteiger partial charge on any atom is -0.394 e. The molecule has 2 aromatic rings. The normalized spacial score (nSPS) is 19.9. The number of amides is 1. The molecular formula is C25H35N7O4S. The van der Waals surface area contributed by atoms with Crippen molar-refractivity contribution < 1.29 is 18.3 Å². The molecule has 0 atom stereocenters. The number of nitrogens with one attached hydrogen (secondary N) is 3. The lowest BCUT2D eigenvalue weighted by Gasteiger charge is -2.33. The highest BCUT2D eigenvalue weighted by Crippen LogP contribution is 2.54. The van der Waals surface area contributed by atoms with Crippen molar-refractivity contribution in [1.82, 2.24) is 19.7 Å². The number of nitrogens with zero attached hydrogens (tertiary/aromatic N) is 4. The monoisotopic (exact) mass is 529 g/mol. The smallest absolute Gasteiger partial charge is 0.279 e. The van der Waals surface area contributed by atoms with Crippen LogP contribution < -0.4 is 20.3 Å². The number of carbonyl (C=O) groups is 1. The molecular weight excluding hydrogens is 494 g/mol. The number of sulfonamides is 1. The van der Waals surface area contributed by atoms with Gasteiger partial charge in [0.15, 0.2) is 16.5 Å². The molecule has 1 spiro atoms. The summed E-state index contributed by atoms with van der Waals surface area (Å²) in [5.74, 6) is 0.577. The number of aliphatic hydroxyl groups excluding tert-OH is 1. The summed E-state index contributed by atoms with van der Waals surface area (Å²) in [4.78, 5) is 28.8. The highest BCUT2D eigenvalue weighted by molar-refractivity contribution is 7.89. The minimum absolute atomic E-state index is 0.00741. The molecule has 2 saturated carbocycles. The zero-order valence-electron chi connectivity index (χ0n) is 21.5. The summed E-state index contributed by atoms with van der Waals surface area (Å²) in [5.41, 5.74) is -0.447. The molecule has 11 nitrogen and oxygen atoms in total. The van der Waals surface area contributed by atoms with E-state index in [9.17, 15) is 18.3 Å². The first kappa shape index (κ1) is 25.8. The van der Waals surface area contributed by atoms with E-state index in [2.05, 4.69) is 30.2 Å². The molecule has 4 N–H and O–H groups in total. The maximum absolute atomic E-state index is 13.4. The largest absolute Gasteiger partial charge is 0.394 e. The summed E-state index contributed by atoms with van der Waals surface area (Å²) < 4.78 is 28.0. The molecule has 0 bridgehead atoms. The number of hydrogen-bond acceptors (Lipinski definition) is 9. The van der Waals surface area contributed by atoms with E-state index >= 15 is 0 Å². The van der Waals surface area contributed by atoms with Gasteiger partial charge in [0.2, 0.25) is 0 Å². The van der Waals surface area contributed by atoms with E-state index in [4.69, 9.17) is 4.98 Å². The molecule has 2 aliphatic carbocycles. The van der Waals surface area contributed by atoms with Gasteiger partial charge in [0, 0.05) is 18.6 Å². The standard InChI is InChI=1S/C25H35N7O4S/c1-23(2,3)31-37(35,36)19-6-4-5-17(27-19)29-22(34)20-21(32-13-11-24(7-8-24)12-14-32)28-18(15-26-20)30-25(16-33)9-10-25/h4-6,15,31,33H,7-14,16H2,1-3H3,(H,28,30)(H,27,29,34). The van der Waals surface area contributed by atoms with Gasteiger partial charge in [-0.25, -0.2) is 28.1 Å². The first-order valence-electron chi connectivity index (χ1n) is 12.8. The Morgan fingerprint density at radius 3 is 2.35 bits per heavy atom. The van der Waals surface area contributed by atoms with Crippen LogP contribution in [0.25, 0.3) is 0 Å². The van der Waals surface area contributed by atoms with Crippen molar-refractivity contribution in [2.24, 2.45) is 5.41 Å². The number of rotatable bonds is 8. The SMILES string of the molecule is CC(C)(C)NS(=O)(=O)c1cccc(NC(=O)c2ncc(NC3(CO)CC3)nc2N2CCC3(CC2)CC3)n1. The molecule has 0 radical (unpaired) electrons. The summed E-state index contributed by atoms with van der Waals surface area (Å²) in [6, 6.07) is 4.45. The van der Waals surface area contributed by atoms with E-state index in [1.54, 1.807) is 20.8 Å². The zero-order valence-corrected chi connectivity index (χ0v) is 22.4. The van der Waals surface area contributed by atoms with Crippen LogP contribution in [0.15, 0.2) is 29.4 Å². The maximum Gasteiger partial charge on any atom is 0.279 e. The number of carbonyl (C=O) groups excluding carboxylic acids is 1. The van der Waals surface area contributed by atoms with Crippen LogP contribution >= 0.6 is 0 Å². The fourth-order valence-electron chi connectivity index (χ4n) is 4.70. The van der Waals surface area contributed by atoms with Gasteiger partial charge in [-0.05, 0) is 76.8 Å². The molecule has 3 heterocycles. The highest BCUT2D eigenvalue weighted by Gasteiger charge is 2.45. The Balaban J connectivity index is 1.39. The van der Waals surface area contributed by atoms with Gasteiger partial charge in [-0.1, -0.05) is 6.07 Å². The van der Waals surface area contributed by atoms with Crippen LogP contribution in [0.2, 0.25) is 0 Å². The summed E-state index contributed by atoms with van der Waals surface area (Å²) in [6.07, 6.45) is 7.83. The maximum atomic E-state index is 13.4. The Kier molecular flexibility index (Phi) is 6.40. The lowest BCUT2D eigenvalue weighted by atomic mass is 9.93. The van der Waals surface area contributed by atoms with Crippen molar-refractivity contribution in [3.8, 4) is 0 Å². The Morgan fingerprint density at radius 1 is 1.05 bits per heavy atom. The molecule has 3 fully saturated rings. The Labute approximate surface area is 217 Å². The molecule has 37 heavy (non-hydrogen) atoms. The minimum atomic E-state index is -3.87. The molecule has 0 aromatic carbocycles. The lowest BCUT2D eigenvalue weighted by Crippen LogP contribution is -2.40. The lowest BCUT2D eigenvalue weighted by molar-refractivity contribution is 0.102. The number of aromatic nitrogens is 3. The highest BCUT2D eigenvalue weighted by atomic mass is 32.2. The fourth-order valence-corrected chi connectivity index (χ4v) is 6.09. The van der Waals surface area contributed by atoms with E-state index in [1.165, 1.54) is 37.2 Å². The second kappa shape index (κ2) is 9.17. The van der Waals surface area contributed by atoms with Crippen molar-refractivity contribution in [2.45, 2.75) is 75.4 Å². The predicted octanol–water partition coefficient (Wildman–Crippen LogP) is 2.52. The van der Waals surface area contributed by atoms with Crippen LogP contribution in [-0.2, 0) is 10.0 Å². The quantitative estimate of drug-likeness (QED) is 0.404. The fraction of sp³-hybridized carbons (Fsp3) is 0.600. The molecule has 12 heteroatoms. The van der Waals surface area contributed by atoms with Gasteiger partial charge in [0.1, 0.15) is 11.6 Å². The Morgan fingerprint density at radius 2 is 1.76 bits per heavy atom. The van der Waals surface area contributed by atoms with Gasteiger partial charge in [-0.2, -0.15) is 0 Å². The summed E-state index contributed by atoms with van der Waals surface area (Å²) in [7, 11) is -3.87. The molecule has 1 saturated heterocycles. The third-order valence-electron chi connectivity index (χ3n) is 7.28. The molecule has 5 rings (SSSR count). The molecule has 3 aliphatic rings. The van der Waals surface area contributed by atoms with E-state index in [-0.39, 0.29) is 28.7 Å². The molecule has 200 valence electrons. The number of piperidine rings is 1. The third-order valence-corrected chi connectivity index (χ3v) is 8.94. The Hall–Kier alpha value is -2.83. The molecule has 0 unspecified atom stereocenters. The topological polar surface area (TPSA) is 149 Å². The van der Waals surface area contributed by atoms with Crippen molar-refractivity contribution in [3.63, 3.8) is 0 Å². The number of aliphatic hydroxyl groups is 1. The van der Waals surface area contributed by atoms with Gasteiger partial charge in [-0.3, -0.25) is 4.79 Å². The molecule has 2 aromatic heterocycles. The second-order valence-electron chi connectivity index (χ2n) is 11.6. The van der Waals surface area contributed by atoms with E-state index < -0.39 is 21.5 Å². The van der Waals surface area contributed by atoms with Gasteiger partial charge in [0.05, 0.1) is 18.3 Å². The van der Waals surface area contributed by atoms with Gasteiger partial charge < -0.3 is 20.6 Å². The van der Waals surface area contributed by atoms with Crippen molar-refractivity contribution >= 4 is 33.4 Å². The number of anilines is 3. The van der Waals surface area contributed by atoms with Crippen LogP contribution in [0.3, 0.4) is 0 Å². The second-order valence-corrected chi connectivity index (χ2v) is 13.3. The van der Waals surface area contributed by atoms with Crippen LogP contribution in [0.5, 0.6) is 0 Å². The predicted molar refractivity (Wildman–Crippen MR) is 140 cm³/mol. The van der Waals surface area contributed by atoms with Gasteiger partial charge >= 0.3 is 0 Å². The average Bonchev–Trinajstić information content (AvgIpc) is 3.77. The van der Waals surface area contributed by atoms with Crippen molar-refractivity contribution in [3.05, 3.63) is 30.1 Å². The molecule has 1 aliphatic heterocycles. The van der Waals surface area contributed by atoms with Crippen LogP contribution in [0, 0.1) is 5.41 Å². The van der Waals surface area contributed by atoms with Crippen LogP contribution in [0.4, 0.5) is 17.5 Å². The average molecular weight is 530 g/mol. The van der Waals surface area contributed by atoms with Crippen molar-refractivity contribution in [2.75, 3.05) is 35.2 Å². The van der Waals surface area contributed by atoms with Crippen LogP contribution in [-0.4, -0.2) is 65.2 Å². The van der Waals surface area contributed by atoms with E-state index in [0.29, 0.717) is 17.1 Å². The van der Waals surface area contributed by atoms with E-state index in [0.717, 1.165) is 38.8 Å². The third kappa shape index (κ3) is 5.86. The molecule has 1 amide bonds. The van der Waals surface area contributed by atoms with Gasteiger partial charge in [0.25, 0.3) is 15.9 Å². The first-order chi connectivity index (χ1) is 17.4. The number of hydrogen-bond donors (Lipinski definition) is 4. The summed E-state index contributed by atoms with van der Waals surface area (Å²) >= 11 is 0. The summed E-state index contributed by atoms with van der Waals surface area (Å²) in [6.45, 7) is 6.81. The number of pyridine rings is 1. The van der Waals surface area contributed by atoms with Crippen LogP contribution in [0.1, 0.15) is 69.8 Å². The van der Waals surface area contributed by atoms with Crippen molar-refractivity contribution in [1.29, 1.82) is 0 Å². The first-order valence-corrected chi connectivity index (χ1v) is 14.2. The van der Waals surface area contributed by atoms with Gasteiger partial charge in [-0.15, -0.1) is 0 Å². The zero-order chi connectivity index (χ0) is 26.5. The summed E-state index contributed by atoms with van der Waals surface area (Å²) in [5, 5.41) is 15.5.